The molecule has 2 N–H and O–H groups in total. The maximum Gasteiger partial charge on any atom is 0.267 e. The SMILES string of the molecule is CCc1nc(C)c(C(=O)Nc2cccc(-c3nn[nH]n3)c2)s1. The Kier molecular flexibility index (Phi) is 3.92. The van der Waals surface area contributed by atoms with Crippen LogP contribution in [-0.2, 0) is 6.42 Å². The van der Waals surface area contributed by atoms with Crippen LogP contribution in [0.25, 0.3) is 11.4 Å². The summed E-state index contributed by atoms with van der Waals surface area (Å²) >= 11 is 1.43. The average Bonchev–Trinajstić information content (AvgIpc) is 3.16. The van der Waals surface area contributed by atoms with Gasteiger partial charge in [-0.25, -0.2) is 4.98 Å². The number of nitrogens with one attached hydrogen (secondary N) is 2. The number of thiazole rings is 1. The Balaban J connectivity index is 1.82. The molecule has 0 aliphatic carbocycles. The third-order valence-corrected chi connectivity index (χ3v) is 4.37. The maximum absolute atomic E-state index is 12.4. The van der Waals surface area contributed by atoms with Gasteiger partial charge in [0.1, 0.15) is 4.88 Å². The summed E-state index contributed by atoms with van der Waals surface area (Å²) in [4.78, 5) is 17.4. The number of amides is 1. The molecule has 2 heterocycles. The molecule has 0 fully saturated rings. The molecule has 0 spiro atoms. The highest BCUT2D eigenvalue weighted by molar-refractivity contribution is 7.13. The van der Waals surface area contributed by atoms with Gasteiger partial charge in [0.2, 0.25) is 5.82 Å². The summed E-state index contributed by atoms with van der Waals surface area (Å²) in [5, 5.41) is 17.6. The van der Waals surface area contributed by atoms with Gasteiger partial charge in [0.15, 0.2) is 0 Å². The van der Waals surface area contributed by atoms with Crippen LogP contribution in [0.15, 0.2) is 24.3 Å². The molecule has 0 aliphatic heterocycles. The van der Waals surface area contributed by atoms with Crippen LogP contribution in [0.3, 0.4) is 0 Å². The highest BCUT2D eigenvalue weighted by Crippen LogP contribution is 2.22. The van der Waals surface area contributed by atoms with Crippen LogP contribution in [0.5, 0.6) is 0 Å². The van der Waals surface area contributed by atoms with E-state index in [2.05, 4.69) is 30.9 Å². The van der Waals surface area contributed by atoms with E-state index in [-0.39, 0.29) is 5.91 Å². The number of carbonyl (C=O) groups is 1. The van der Waals surface area contributed by atoms with Gasteiger partial charge >= 0.3 is 0 Å². The predicted molar refractivity (Wildman–Crippen MR) is 83.8 cm³/mol. The van der Waals surface area contributed by atoms with E-state index in [0.29, 0.717) is 16.4 Å². The number of nitrogens with zero attached hydrogens (tertiary/aromatic N) is 4. The van der Waals surface area contributed by atoms with Crippen molar-refractivity contribution in [2.45, 2.75) is 20.3 Å². The van der Waals surface area contributed by atoms with Crippen molar-refractivity contribution >= 4 is 22.9 Å². The summed E-state index contributed by atoms with van der Waals surface area (Å²) in [7, 11) is 0. The van der Waals surface area contributed by atoms with Gasteiger partial charge in [-0.3, -0.25) is 4.79 Å². The van der Waals surface area contributed by atoms with Crippen LogP contribution >= 0.6 is 11.3 Å². The van der Waals surface area contributed by atoms with E-state index >= 15 is 0 Å². The van der Waals surface area contributed by atoms with E-state index < -0.39 is 0 Å². The number of tetrazole rings is 1. The normalized spacial score (nSPS) is 10.6. The zero-order chi connectivity index (χ0) is 15.5. The Hall–Kier alpha value is -2.61. The first-order chi connectivity index (χ1) is 10.7. The lowest BCUT2D eigenvalue weighted by Gasteiger charge is -2.05. The molecule has 0 aliphatic rings. The monoisotopic (exact) mass is 314 g/mol. The number of hydrogen-bond donors (Lipinski definition) is 2. The molecule has 0 saturated carbocycles. The highest BCUT2D eigenvalue weighted by atomic mass is 32.1. The number of hydrogen-bond acceptors (Lipinski definition) is 6. The molecule has 112 valence electrons. The number of aryl methyl sites for hydroxylation is 2. The van der Waals surface area contributed by atoms with E-state index in [0.717, 1.165) is 22.7 Å². The second-order valence-corrected chi connectivity index (χ2v) is 5.73. The van der Waals surface area contributed by atoms with E-state index in [1.54, 1.807) is 6.07 Å². The molecule has 0 saturated heterocycles. The predicted octanol–water partition coefficient (Wildman–Crippen LogP) is 2.45. The van der Waals surface area contributed by atoms with Gasteiger partial charge < -0.3 is 5.32 Å². The zero-order valence-electron chi connectivity index (χ0n) is 12.1. The minimum atomic E-state index is -0.153. The molecule has 3 rings (SSSR count). The molecular weight excluding hydrogens is 300 g/mol. The van der Waals surface area contributed by atoms with E-state index in [1.807, 2.05) is 32.0 Å². The molecule has 1 amide bonds. The summed E-state index contributed by atoms with van der Waals surface area (Å²) in [5.41, 5.74) is 2.22. The van der Waals surface area contributed by atoms with Crippen LogP contribution in [0.4, 0.5) is 5.69 Å². The van der Waals surface area contributed by atoms with Crippen molar-refractivity contribution in [1.29, 1.82) is 0 Å². The van der Waals surface area contributed by atoms with E-state index in [1.165, 1.54) is 11.3 Å². The van der Waals surface area contributed by atoms with Crippen molar-refractivity contribution in [3.63, 3.8) is 0 Å². The van der Waals surface area contributed by atoms with Crippen molar-refractivity contribution in [2.75, 3.05) is 5.32 Å². The molecule has 2 aromatic heterocycles. The largest absolute Gasteiger partial charge is 0.321 e. The Morgan fingerprint density at radius 2 is 2.27 bits per heavy atom. The van der Waals surface area contributed by atoms with Gasteiger partial charge in [0.25, 0.3) is 5.91 Å². The number of benzene rings is 1. The number of H-pyrrole nitrogens is 1. The lowest BCUT2D eigenvalue weighted by Crippen LogP contribution is -2.11. The first-order valence-electron chi connectivity index (χ1n) is 6.79. The second kappa shape index (κ2) is 6.02. The summed E-state index contributed by atoms with van der Waals surface area (Å²) in [6, 6.07) is 7.31. The molecule has 1 aromatic carbocycles. The molecule has 0 bridgehead atoms. The van der Waals surface area contributed by atoms with Crippen LogP contribution in [0.2, 0.25) is 0 Å². The summed E-state index contributed by atoms with van der Waals surface area (Å²) in [6.45, 7) is 3.87. The first-order valence-corrected chi connectivity index (χ1v) is 7.60. The number of aromatic nitrogens is 5. The molecule has 3 aromatic rings. The minimum Gasteiger partial charge on any atom is -0.321 e. The number of anilines is 1. The lowest BCUT2D eigenvalue weighted by atomic mass is 10.2. The molecule has 0 radical (unpaired) electrons. The maximum atomic E-state index is 12.4. The van der Waals surface area contributed by atoms with Gasteiger partial charge in [-0.2, -0.15) is 5.21 Å². The molecule has 7 nitrogen and oxygen atoms in total. The van der Waals surface area contributed by atoms with Crippen molar-refractivity contribution in [2.24, 2.45) is 0 Å². The molecular formula is C14H14N6OS. The Labute approximate surface area is 130 Å². The fourth-order valence-electron chi connectivity index (χ4n) is 2.02. The quantitative estimate of drug-likeness (QED) is 0.771. The molecule has 22 heavy (non-hydrogen) atoms. The van der Waals surface area contributed by atoms with Crippen LogP contribution in [0, 0.1) is 6.92 Å². The van der Waals surface area contributed by atoms with Crippen LogP contribution in [0.1, 0.15) is 27.3 Å². The van der Waals surface area contributed by atoms with Crippen LogP contribution in [-0.4, -0.2) is 31.5 Å². The minimum absolute atomic E-state index is 0.153. The van der Waals surface area contributed by atoms with Gasteiger partial charge in [0.05, 0.1) is 10.7 Å². The summed E-state index contributed by atoms with van der Waals surface area (Å²) < 4.78 is 0. The Morgan fingerprint density at radius 3 is 2.95 bits per heavy atom. The van der Waals surface area contributed by atoms with Crippen molar-refractivity contribution in [1.82, 2.24) is 25.6 Å². The van der Waals surface area contributed by atoms with Gasteiger partial charge in [-0.05, 0) is 30.7 Å². The molecule has 0 atom stereocenters. The van der Waals surface area contributed by atoms with Crippen molar-refractivity contribution in [3.05, 3.63) is 39.8 Å². The zero-order valence-corrected chi connectivity index (χ0v) is 12.9. The third kappa shape index (κ3) is 2.86. The van der Waals surface area contributed by atoms with Gasteiger partial charge in [-0.1, -0.05) is 19.1 Å². The first kappa shape index (κ1) is 14.3. The number of carbonyl (C=O) groups excluding carboxylic acids is 1. The third-order valence-electron chi connectivity index (χ3n) is 3.07. The number of rotatable bonds is 4. The van der Waals surface area contributed by atoms with E-state index in [9.17, 15) is 4.79 Å². The second-order valence-electron chi connectivity index (χ2n) is 4.65. The Morgan fingerprint density at radius 1 is 1.41 bits per heavy atom. The van der Waals surface area contributed by atoms with Gasteiger partial charge in [0, 0.05) is 11.3 Å². The van der Waals surface area contributed by atoms with Gasteiger partial charge in [-0.15, -0.1) is 21.5 Å². The summed E-state index contributed by atoms with van der Waals surface area (Å²) in [6.07, 6.45) is 0.825. The fraction of sp³-hybridized carbons (Fsp3) is 0.214. The standard InChI is InChI=1S/C14H14N6OS/c1-3-11-15-8(2)12(22-11)14(21)16-10-6-4-5-9(7-10)13-17-19-20-18-13/h4-7H,3H2,1-2H3,(H,16,21)(H,17,18,19,20). The van der Waals surface area contributed by atoms with Crippen LogP contribution < -0.4 is 5.32 Å². The fourth-order valence-corrected chi connectivity index (χ4v) is 2.92. The highest BCUT2D eigenvalue weighted by Gasteiger charge is 2.15. The molecule has 0 unspecified atom stereocenters. The molecule has 8 heteroatoms. The smallest absolute Gasteiger partial charge is 0.267 e. The lowest BCUT2D eigenvalue weighted by molar-refractivity contribution is 0.103. The van der Waals surface area contributed by atoms with Crippen molar-refractivity contribution in [3.8, 4) is 11.4 Å². The summed E-state index contributed by atoms with van der Waals surface area (Å²) in [5.74, 6) is 0.332. The average molecular weight is 314 g/mol. The number of aromatic amines is 1. The topological polar surface area (TPSA) is 96.5 Å². The Bertz CT molecular complexity index is 796. The van der Waals surface area contributed by atoms with Crippen molar-refractivity contribution < 1.29 is 4.79 Å². The van der Waals surface area contributed by atoms with E-state index in [4.69, 9.17) is 0 Å².